The van der Waals surface area contributed by atoms with Crippen molar-refractivity contribution in [3.05, 3.63) is 53.7 Å². The van der Waals surface area contributed by atoms with Crippen molar-refractivity contribution in [2.24, 2.45) is 5.73 Å². The molecule has 2 N–H and O–H groups in total. The first-order chi connectivity index (χ1) is 9.74. The number of nitrogens with two attached hydrogens (primary N) is 1. The van der Waals surface area contributed by atoms with Crippen LogP contribution < -0.4 is 10.5 Å². The summed E-state index contributed by atoms with van der Waals surface area (Å²) in [5.74, 6) is 2.04. The van der Waals surface area contributed by atoms with E-state index in [1.165, 1.54) is 5.56 Å². The van der Waals surface area contributed by atoms with Gasteiger partial charge in [0.25, 0.3) is 0 Å². The molecule has 1 unspecified atom stereocenters. The van der Waals surface area contributed by atoms with Crippen molar-refractivity contribution in [2.75, 3.05) is 6.54 Å². The zero-order valence-electron chi connectivity index (χ0n) is 12.2. The zero-order valence-corrected chi connectivity index (χ0v) is 12.2. The van der Waals surface area contributed by atoms with Crippen LogP contribution in [0, 0.1) is 0 Å². The molecular formula is C17H22N2O. The van der Waals surface area contributed by atoms with Crippen molar-refractivity contribution in [2.45, 2.75) is 32.6 Å². The van der Waals surface area contributed by atoms with E-state index in [9.17, 15) is 0 Å². The fourth-order valence-electron chi connectivity index (χ4n) is 2.07. The highest BCUT2D eigenvalue weighted by molar-refractivity contribution is 5.34. The molecule has 1 aromatic carbocycles. The van der Waals surface area contributed by atoms with Crippen molar-refractivity contribution in [1.29, 1.82) is 0 Å². The summed E-state index contributed by atoms with van der Waals surface area (Å²) in [6, 6.07) is 12.2. The molecule has 0 radical (unpaired) electrons. The summed E-state index contributed by atoms with van der Waals surface area (Å²) in [5, 5.41) is 0. The Hall–Kier alpha value is -1.87. The normalized spacial score (nSPS) is 12.2. The fourth-order valence-corrected chi connectivity index (χ4v) is 2.07. The second-order valence-electron chi connectivity index (χ2n) is 4.99. The number of nitrogens with zero attached hydrogens (tertiary/aromatic N) is 1. The van der Waals surface area contributed by atoms with E-state index in [4.69, 9.17) is 10.5 Å². The van der Waals surface area contributed by atoms with Gasteiger partial charge in [0.05, 0.1) is 0 Å². The van der Waals surface area contributed by atoms with Crippen LogP contribution in [-0.4, -0.2) is 11.5 Å². The third-order valence-corrected chi connectivity index (χ3v) is 3.54. The quantitative estimate of drug-likeness (QED) is 0.866. The third-order valence-electron chi connectivity index (χ3n) is 3.54. The highest BCUT2D eigenvalue weighted by Crippen LogP contribution is 2.26. The molecule has 106 valence electrons. The lowest BCUT2D eigenvalue weighted by Crippen LogP contribution is -2.04. The minimum absolute atomic E-state index is 0.576. The Labute approximate surface area is 120 Å². The van der Waals surface area contributed by atoms with Gasteiger partial charge in [-0.3, -0.25) is 0 Å². The summed E-state index contributed by atoms with van der Waals surface area (Å²) in [5.41, 5.74) is 7.99. The Morgan fingerprint density at radius 3 is 2.60 bits per heavy atom. The minimum atomic E-state index is 0.576. The van der Waals surface area contributed by atoms with Crippen LogP contribution in [-0.2, 0) is 6.42 Å². The number of ether oxygens (including phenoxy) is 1. The molecule has 0 aliphatic heterocycles. The highest BCUT2D eigenvalue weighted by Gasteiger charge is 2.07. The van der Waals surface area contributed by atoms with Crippen LogP contribution in [0.15, 0.2) is 42.6 Å². The van der Waals surface area contributed by atoms with Crippen molar-refractivity contribution in [1.82, 2.24) is 4.98 Å². The molecule has 0 saturated carbocycles. The van der Waals surface area contributed by atoms with Gasteiger partial charge in [-0.25, -0.2) is 4.98 Å². The van der Waals surface area contributed by atoms with Crippen molar-refractivity contribution >= 4 is 0 Å². The van der Waals surface area contributed by atoms with Gasteiger partial charge < -0.3 is 10.5 Å². The summed E-state index contributed by atoms with van der Waals surface area (Å²) in [6.45, 7) is 5.02. The second-order valence-corrected chi connectivity index (χ2v) is 4.99. The Morgan fingerprint density at radius 1 is 1.20 bits per heavy atom. The molecule has 0 bridgehead atoms. The van der Waals surface area contributed by atoms with Crippen molar-refractivity contribution in [3.8, 4) is 11.6 Å². The molecular weight excluding hydrogens is 248 g/mol. The fraction of sp³-hybridized carbons (Fsp3) is 0.353. The first-order valence-electron chi connectivity index (χ1n) is 7.16. The molecule has 3 nitrogen and oxygen atoms in total. The Morgan fingerprint density at radius 2 is 1.95 bits per heavy atom. The van der Waals surface area contributed by atoms with Crippen LogP contribution in [0.5, 0.6) is 11.6 Å². The van der Waals surface area contributed by atoms with Crippen molar-refractivity contribution < 1.29 is 4.74 Å². The lowest BCUT2D eigenvalue weighted by atomic mass is 9.99. The van der Waals surface area contributed by atoms with E-state index < -0.39 is 0 Å². The lowest BCUT2D eigenvalue weighted by Gasteiger charge is -2.11. The maximum absolute atomic E-state index is 5.86. The molecule has 0 aliphatic carbocycles. The maximum Gasteiger partial charge on any atom is 0.222 e. The van der Waals surface area contributed by atoms with E-state index >= 15 is 0 Å². The van der Waals surface area contributed by atoms with E-state index in [0.717, 1.165) is 24.2 Å². The average Bonchev–Trinajstić information content (AvgIpc) is 2.49. The molecule has 0 saturated heterocycles. The van der Waals surface area contributed by atoms with Gasteiger partial charge in [0.1, 0.15) is 5.75 Å². The number of benzene rings is 1. The van der Waals surface area contributed by atoms with Crippen LogP contribution in [0.25, 0.3) is 0 Å². The predicted octanol–water partition coefficient (Wildman–Crippen LogP) is 3.89. The minimum Gasteiger partial charge on any atom is -0.439 e. The van der Waals surface area contributed by atoms with Gasteiger partial charge >= 0.3 is 0 Å². The molecule has 0 amide bonds. The average molecular weight is 270 g/mol. The molecule has 0 aliphatic rings. The van der Waals surface area contributed by atoms with Gasteiger partial charge in [-0.1, -0.05) is 32.0 Å². The number of aromatic nitrogens is 1. The first-order valence-corrected chi connectivity index (χ1v) is 7.16. The molecule has 3 heteroatoms. The number of rotatable bonds is 6. The van der Waals surface area contributed by atoms with Gasteiger partial charge in [0.15, 0.2) is 0 Å². The topological polar surface area (TPSA) is 48.1 Å². The number of pyridine rings is 1. The van der Waals surface area contributed by atoms with Crippen LogP contribution >= 0.6 is 0 Å². The summed E-state index contributed by atoms with van der Waals surface area (Å²) in [4.78, 5) is 4.29. The van der Waals surface area contributed by atoms with E-state index in [0.29, 0.717) is 18.3 Å². The van der Waals surface area contributed by atoms with E-state index in [-0.39, 0.29) is 0 Å². The first kappa shape index (κ1) is 14.5. The summed E-state index contributed by atoms with van der Waals surface area (Å²) >= 11 is 0. The predicted molar refractivity (Wildman–Crippen MR) is 82.2 cm³/mol. The Bertz CT molecular complexity index is 537. The smallest absolute Gasteiger partial charge is 0.222 e. The van der Waals surface area contributed by atoms with Crippen molar-refractivity contribution in [3.63, 3.8) is 0 Å². The molecule has 1 atom stereocenters. The largest absolute Gasteiger partial charge is 0.439 e. The second kappa shape index (κ2) is 7.06. The van der Waals surface area contributed by atoms with Gasteiger partial charge in [-0.15, -0.1) is 0 Å². The van der Waals surface area contributed by atoms with E-state index in [1.807, 2.05) is 24.3 Å². The zero-order chi connectivity index (χ0) is 14.4. The van der Waals surface area contributed by atoms with Crippen LogP contribution in [0.4, 0.5) is 0 Å². The van der Waals surface area contributed by atoms with Crippen LogP contribution in [0.3, 0.4) is 0 Å². The van der Waals surface area contributed by atoms with Gasteiger partial charge in [-0.05, 0) is 49.1 Å². The van der Waals surface area contributed by atoms with Crippen LogP contribution in [0.1, 0.15) is 37.3 Å². The molecule has 2 rings (SSSR count). The molecule has 0 spiro atoms. The van der Waals surface area contributed by atoms with Gasteiger partial charge in [0, 0.05) is 11.8 Å². The molecule has 0 fully saturated rings. The Balaban J connectivity index is 2.14. The number of hydrogen-bond donors (Lipinski definition) is 1. The monoisotopic (exact) mass is 270 g/mol. The molecule has 20 heavy (non-hydrogen) atoms. The SMILES string of the molecule is CCC(C)c1ccc(Oc2ncccc2CCN)cc1. The maximum atomic E-state index is 5.86. The molecule has 2 aromatic rings. The van der Waals surface area contributed by atoms with Gasteiger partial charge in [-0.2, -0.15) is 0 Å². The summed E-state index contributed by atoms with van der Waals surface area (Å²) in [7, 11) is 0. The summed E-state index contributed by atoms with van der Waals surface area (Å²) in [6.07, 6.45) is 3.65. The van der Waals surface area contributed by atoms with Crippen LogP contribution in [0.2, 0.25) is 0 Å². The molecule has 1 aromatic heterocycles. The highest BCUT2D eigenvalue weighted by atomic mass is 16.5. The van der Waals surface area contributed by atoms with Gasteiger partial charge in [0.2, 0.25) is 5.88 Å². The van der Waals surface area contributed by atoms with E-state index in [1.54, 1.807) is 6.20 Å². The third kappa shape index (κ3) is 3.58. The summed E-state index contributed by atoms with van der Waals surface area (Å²) < 4.78 is 5.86. The molecule has 1 heterocycles. The standard InChI is InChI=1S/C17H22N2O/c1-3-13(2)14-6-8-16(9-7-14)20-17-15(10-11-18)5-4-12-19-17/h4-9,12-13H,3,10-11,18H2,1-2H3. The van der Waals surface area contributed by atoms with E-state index in [2.05, 4.69) is 31.0 Å². The number of hydrogen-bond acceptors (Lipinski definition) is 3. The lowest BCUT2D eigenvalue weighted by molar-refractivity contribution is 0.456. The Kier molecular flexibility index (Phi) is 5.13.